The minimum Gasteiger partial charge on any atom is -0.326 e. The molecule has 4 unspecified atom stereocenters. The normalized spacial score (nSPS) is 26.1. The number of aromatic nitrogens is 1. The van der Waals surface area contributed by atoms with Crippen LogP contribution in [0.3, 0.4) is 0 Å². The van der Waals surface area contributed by atoms with Crippen LogP contribution in [0.15, 0.2) is 24.4 Å². The Balaban J connectivity index is 2.09. The van der Waals surface area contributed by atoms with E-state index in [1.54, 1.807) is 0 Å². The predicted octanol–water partition coefficient (Wildman–Crippen LogP) is 2.45. The molecular weight excluding hydrogens is 222 g/mol. The standard InChI is InChI=1S/C15H25N3/c1-4-13(16)15(14-7-5-6-8-17-14)18(3)10-12-9-11(12)2/h5-8,11-13,15H,4,9-10,16H2,1-3H3. The van der Waals surface area contributed by atoms with E-state index in [-0.39, 0.29) is 12.1 Å². The summed E-state index contributed by atoms with van der Waals surface area (Å²) in [5, 5.41) is 0. The summed E-state index contributed by atoms with van der Waals surface area (Å²) in [6, 6.07) is 6.49. The summed E-state index contributed by atoms with van der Waals surface area (Å²) in [6.45, 7) is 5.61. The van der Waals surface area contributed by atoms with Gasteiger partial charge in [-0.25, -0.2) is 0 Å². The van der Waals surface area contributed by atoms with Crippen molar-refractivity contribution in [2.24, 2.45) is 17.6 Å². The molecule has 2 rings (SSSR count). The van der Waals surface area contributed by atoms with Gasteiger partial charge < -0.3 is 5.73 Å². The van der Waals surface area contributed by atoms with Crippen molar-refractivity contribution < 1.29 is 0 Å². The van der Waals surface area contributed by atoms with Crippen LogP contribution in [-0.4, -0.2) is 29.5 Å². The van der Waals surface area contributed by atoms with E-state index in [9.17, 15) is 0 Å². The van der Waals surface area contributed by atoms with Gasteiger partial charge in [0, 0.05) is 18.8 Å². The minimum atomic E-state index is 0.152. The summed E-state index contributed by atoms with van der Waals surface area (Å²) < 4.78 is 0. The molecular formula is C15H25N3. The number of likely N-dealkylation sites (N-methyl/N-ethyl adjacent to an activating group) is 1. The number of pyridine rings is 1. The van der Waals surface area contributed by atoms with Crippen molar-refractivity contribution >= 4 is 0 Å². The molecule has 0 bridgehead atoms. The van der Waals surface area contributed by atoms with Crippen molar-refractivity contribution in [2.75, 3.05) is 13.6 Å². The molecule has 3 heteroatoms. The van der Waals surface area contributed by atoms with Gasteiger partial charge in [-0.05, 0) is 43.9 Å². The van der Waals surface area contributed by atoms with Gasteiger partial charge in [0.15, 0.2) is 0 Å². The van der Waals surface area contributed by atoms with Crippen molar-refractivity contribution in [3.8, 4) is 0 Å². The molecule has 1 aliphatic rings. The summed E-state index contributed by atoms with van der Waals surface area (Å²) in [7, 11) is 2.18. The fourth-order valence-corrected chi connectivity index (χ4v) is 2.68. The average Bonchev–Trinajstić information content (AvgIpc) is 3.06. The lowest BCUT2D eigenvalue weighted by Gasteiger charge is -2.32. The van der Waals surface area contributed by atoms with Gasteiger partial charge in [-0.1, -0.05) is 19.9 Å². The molecule has 1 aliphatic carbocycles. The van der Waals surface area contributed by atoms with Gasteiger partial charge in [0.25, 0.3) is 0 Å². The molecule has 18 heavy (non-hydrogen) atoms. The molecule has 0 radical (unpaired) electrons. The Morgan fingerprint density at radius 1 is 1.50 bits per heavy atom. The summed E-state index contributed by atoms with van der Waals surface area (Å²) in [5.41, 5.74) is 7.40. The quantitative estimate of drug-likeness (QED) is 0.839. The van der Waals surface area contributed by atoms with Crippen LogP contribution < -0.4 is 5.73 Å². The maximum atomic E-state index is 6.30. The highest BCUT2D eigenvalue weighted by Crippen LogP contribution is 2.39. The SMILES string of the molecule is CCC(N)C(c1ccccn1)N(C)CC1CC1C. The topological polar surface area (TPSA) is 42.1 Å². The highest BCUT2D eigenvalue weighted by Gasteiger charge is 2.35. The lowest BCUT2D eigenvalue weighted by Crippen LogP contribution is -2.40. The highest BCUT2D eigenvalue weighted by molar-refractivity contribution is 5.11. The second-order valence-corrected chi connectivity index (χ2v) is 5.68. The van der Waals surface area contributed by atoms with Crippen molar-refractivity contribution in [3.05, 3.63) is 30.1 Å². The summed E-state index contributed by atoms with van der Waals surface area (Å²) in [5.74, 6) is 1.74. The molecule has 100 valence electrons. The number of hydrogen-bond acceptors (Lipinski definition) is 3. The maximum Gasteiger partial charge on any atom is 0.0671 e. The first kappa shape index (κ1) is 13.5. The van der Waals surface area contributed by atoms with E-state index in [4.69, 9.17) is 5.73 Å². The first-order valence-electron chi connectivity index (χ1n) is 7.00. The van der Waals surface area contributed by atoms with Gasteiger partial charge in [-0.2, -0.15) is 0 Å². The summed E-state index contributed by atoms with van der Waals surface area (Å²) in [4.78, 5) is 6.89. The smallest absolute Gasteiger partial charge is 0.0671 e. The van der Waals surface area contributed by atoms with E-state index < -0.39 is 0 Å². The van der Waals surface area contributed by atoms with Crippen LogP contribution in [-0.2, 0) is 0 Å². The molecule has 1 aromatic rings. The Labute approximate surface area is 110 Å². The molecule has 1 saturated carbocycles. The zero-order valence-corrected chi connectivity index (χ0v) is 11.7. The molecule has 1 heterocycles. The van der Waals surface area contributed by atoms with E-state index in [1.165, 1.54) is 6.42 Å². The first-order valence-corrected chi connectivity index (χ1v) is 7.00. The zero-order chi connectivity index (χ0) is 13.1. The van der Waals surface area contributed by atoms with E-state index in [1.807, 2.05) is 18.3 Å². The van der Waals surface area contributed by atoms with E-state index >= 15 is 0 Å². The Bertz CT molecular complexity index is 365. The van der Waals surface area contributed by atoms with Crippen molar-refractivity contribution in [1.82, 2.24) is 9.88 Å². The van der Waals surface area contributed by atoms with Crippen LogP contribution in [0.4, 0.5) is 0 Å². The average molecular weight is 247 g/mol. The second kappa shape index (κ2) is 5.81. The summed E-state index contributed by atoms with van der Waals surface area (Å²) >= 11 is 0. The van der Waals surface area contributed by atoms with Gasteiger partial charge in [0.2, 0.25) is 0 Å². The van der Waals surface area contributed by atoms with Gasteiger partial charge in [-0.15, -0.1) is 0 Å². The molecule has 0 spiro atoms. The van der Waals surface area contributed by atoms with Gasteiger partial charge >= 0.3 is 0 Å². The van der Waals surface area contributed by atoms with Crippen molar-refractivity contribution in [3.63, 3.8) is 0 Å². The predicted molar refractivity (Wildman–Crippen MR) is 75.1 cm³/mol. The third-order valence-electron chi connectivity index (χ3n) is 4.14. The number of nitrogens with zero attached hydrogens (tertiary/aromatic N) is 2. The van der Waals surface area contributed by atoms with Crippen LogP contribution >= 0.6 is 0 Å². The third-order valence-corrected chi connectivity index (χ3v) is 4.14. The van der Waals surface area contributed by atoms with Crippen molar-refractivity contribution in [2.45, 2.75) is 38.8 Å². The molecule has 3 nitrogen and oxygen atoms in total. The molecule has 4 atom stereocenters. The number of rotatable bonds is 6. The van der Waals surface area contributed by atoms with E-state index in [2.05, 4.69) is 36.8 Å². The number of hydrogen-bond donors (Lipinski definition) is 1. The maximum absolute atomic E-state index is 6.30. The van der Waals surface area contributed by atoms with Crippen LogP contribution in [0.5, 0.6) is 0 Å². The molecule has 2 N–H and O–H groups in total. The molecule has 0 saturated heterocycles. The van der Waals surface area contributed by atoms with Gasteiger partial charge in [-0.3, -0.25) is 9.88 Å². The monoisotopic (exact) mass is 247 g/mol. The van der Waals surface area contributed by atoms with Crippen LogP contribution in [0.2, 0.25) is 0 Å². The van der Waals surface area contributed by atoms with Crippen LogP contribution in [0, 0.1) is 11.8 Å². The van der Waals surface area contributed by atoms with Gasteiger partial charge in [0.05, 0.1) is 11.7 Å². The van der Waals surface area contributed by atoms with E-state index in [0.717, 1.165) is 30.5 Å². The Morgan fingerprint density at radius 2 is 2.22 bits per heavy atom. The van der Waals surface area contributed by atoms with Crippen molar-refractivity contribution in [1.29, 1.82) is 0 Å². The summed E-state index contributed by atoms with van der Waals surface area (Å²) in [6.07, 6.45) is 4.20. The van der Waals surface area contributed by atoms with Crippen LogP contribution in [0.25, 0.3) is 0 Å². The molecule has 0 aliphatic heterocycles. The molecule has 1 fully saturated rings. The molecule has 1 aromatic heterocycles. The molecule has 0 amide bonds. The van der Waals surface area contributed by atoms with Gasteiger partial charge in [0.1, 0.15) is 0 Å². The van der Waals surface area contributed by atoms with E-state index in [0.29, 0.717) is 0 Å². The minimum absolute atomic E-state index is 0.152. The molecule has 0 aromatic carbocycles. The van der Waals surface area contributed by atoms with Crippen LogP contribution in [0.1, 0.15) is 38.4 Å². The second-order valence-electron chi connectivity index (χ2n) is 5.68. The fraction of sp³-hybridized carbons (Fsp3) is 0.667. The number of nitrogens with two attached hydrogens (primary N) is 1. The zero-order valence-electron chi connectivity index (χ0n) is 11.7. The highest BCUT2D eigenvalue weighted by atomic mass is 15.2. The third kappa shape index (κ3) is 3.09. The Hall–Kier alpha value is -0.930. The first-order chi connectivity index (χ1) is 8.63. The largest absolute Gasteiger partial charge is 0.326 e. The Morgan fingerprint density at radius 3 is 2.72 bits per heavy atom. The lowest BCUT2D eigenvalue weighted by atomic mass is 10.0. The Kier molecular flexibility index (Phi) is 4.36. The fourth-order valence-electron chi connectivity index (χ4n) is 2.68. The lowest BCUT2D eigenvalue weighted by molar-refractivity contribution is 0.195.